The van der Waals surface area contributed by atoms with E-state index in [0.29, 0.717) is 12.5 Å². The number of carbonyl (C=O) groups is 1. The number of amides is 1. The predicted molar refractivity (Wildman–Crippen MR) is 84.1 cm³/mol. The van der Waals surface area contributed by atoms with Crippen LogP contribution in [0.2, 0.25) is 0 Å². The van der Waals surface area contributed by atoms with Crippen molar-refractivity contribution in [3.8, 4) is 0 Å². The third-order valence-electron chi connectivity index (χ3n) is 3.98. The summed E-state index contributed by atoms with van der Waals surface area (Å²) in [6.45, 7) is 0. The van der Waals surface area contributed by atoms with Crippen LogP contribution in [0.1, 0.15) is 43.8 Å². The van der Waals surface area contributed by atoms with E-state index in [9.17, 15) is 4.79 Å². The number of hydrogen-bond donors (Lipinski definition) is 1. The summed E-state index contributed by atoms with van der Waals surface area (Å²) in [5, 5.41) is 0. The monoisotopic (exact) mass is 401 g/mol. The van der Waals surface area contributed by atoms with E-state index in [1.807, 2.05) is 11.0 Å². The van der Waals surface area contributed by atoms with Crippen molar-refractivity contribution >= 4 is 37.8 Å². The van der Waals surface area contributed by atoms with Gasteiger partial charge in [0, 0.05) is 33.6 Å². The Hall–Kier alpha value is -0.460. The van der Waals surface area contributed by atoms with E-state index >= 15 is 0 Å². The van der Waals surface area contributed by atoms with E-state index in [-0.39, 0.29) is 18.0 Å². The largest absolute Gasteiger partial charge is 0.329 e. The standard InChI is InChI=1S/C14H17Br2N3O/c15-8-6-10(16)13(18-7-8)14-11(17)2-1-3-12(20)19(14)9-4-5-9/h6-7,9,11,14H,1-5,17H2. The average molecular weight is 403 g/mol. The van der Waals surface area contributed by atoms with Crippen LogP contribution in [0.4, 0.5) is 0 Å². The first-order valence-electron chi connectivity index (χ1n) is 6.95. The van der Waals surface area contributed by atoms with Gasteiger partial charge in [-0.25, -0.2) is 0 Å². The molecule has 1 saturated heterocycles. The number of nitrogens with zero attached hydrogens (tertiary/aromatic N) is 2. The maximum absolute atomic E-state index is 12.4. The Bertz CT molecular complexity index is 533. The molecule has 108 valence electrons. The number of likely N-dealkylation sites (tertiary alicyclic amines) is 1. The Morgan fingerprint density at radius 1 is 1.30 bits per heavy atom. The van der Waals surface area contributed by atoms with Gasteiger partial charge in [0.15, 0.2) is 0 Å². The minimum atomic E-state index is -0.111. The maximum atomic E-state index is 12.4. The van der Waals surface area contributed by atoms with Gasteiger partial charge in [0.05, 0.1) is 11.7 Å². The van der Waals surface area contributed by atoms with Crippen molar-refractivity contribution in [3.63, 3.8) is 0 Å². The van der Waals surface area contributed by atoms with Gasteiger partial charge in [-0.1, -0.05) is 0 Å². The van der Waals surface area contributed by atoms with Crippen molar-refractivity contribution in [1.29, 1.82) is 0 Å². The topological polar surface area (TPSA) is 59.2 Å². The first kappa shape index (κ1) is 14.5. The molecule has 2 fully saturated rings. The fourth-order valence-corrected chi connectivity index (χ4v) is 4.12. The molecular formula is C14H17Br2N3O. The zero-order valence-corrected chi connectivity index (χ0v) is 14.2. The van der Waals surface area contributed by atoms with Crippen LogP contribution in [0, 0.1) is 0 Å². The lowest BCUT2D eigenvalue weighted by Gasteiger charge is -2.34. The predicted octanol–water partition coefficient (Wildman–Crippen LogP) is 3.15. The summed E-state index contributed by atoms with van der Waals surface area (Å²) in [6.07, 6.45) is 6.28. The highest BCUT2D eigenvalue weighted by atomic mass is 79.9. The second-order valence-corrected chi connectivity index (χ2v) is 7.32. The molecule has 2 heterocycles. The van der Waals surface area contributed by atoms with Gasteiger partial charge in [0.25, 0.3) is 0 Å². The van der Waals surface area contributed by atoms with Crippen molar-refractivity contribution in [2.45, 2.75) is 50.2 Å². The first-order chi connectivity index (χ1) is 9.58. The van der Waals surface area contributed by atoms with Crippen LogP contribution in [0.5, 0.6) is 0 Å². The molecule has 2 N–H and O–H groups in total. The smallest absolute Gasteiger partial charge is 0.223 e. The van der Waals surface area contributed by atoms with Gasteiger partial charge in [0.1, 0.15) is 0 Å². The zero-order valence-electron chi connectivity index (χ0n) is 11.1. The molecule has 4 nitrogen and oxygen atoms in total. The van der Waals surface area contributed by atoms with Crippen molar-refractivity contribution < 1.29 is 4.79 Å². The lowest BCUT2D eigenvalue weighted by atomic mass is 10.0. The number of pyridine rings is 1. The molecular weight excluding hydrogens is 386 g/mol. The summed E-state index contributed by atoms with van der Waals surface area (Å²) in [7, 11) is 0. The van der Waals surface area contributed by atoms with E-state index < -0.39 is 0 Å². The van der Waals surface area contributed by atoms with Crippen molar-refractivity contribution in [2.24, 2.45) is 5.73 Å². The van der Waals surface area contributed by atoms with Gasteiger partial charge < -0.3 is 10.6 Å². The first-order valence-corrected chi connectivity index (χ1v) is 8.54. The van der Waals surface area contributed by atoms with E-state index in [1.165, 1.54) is 0 Å². The van der Waals surface area contributed by atoms with Crippen molar-refractivity contribution in [1.82, 2.24) is 9.88 Å². The molecule has 0 spiro atoms. The molecule has 1 aliphatic heterocycles. The van der Waals surface area contributed by atoms with Crippen LogP contribution in [0.15, 0.2) is 21.2 Å². The zero-order chi connectivity index (χ0) is 14.3. The van der Waals surface area contributed by atoms with Crippen LogP contribution in [0.25, 0.3) is 0 Å². The van der Waals surface area contributed by atoms with Crippen LogP contribution in [-0.2, 0) is 4.79 Å². The third-order valence-corrected chi connectivity index (χ3v) is 5.05. The van der Waals surface area contributed by atoms with Gasteiger partial charge in [0.2, 0.25) is 5.91 Å². The SMILES string of the molecule is NC1CCCC(=O)N(C2CC2)C1c1ncc(Br)cc1Br. The van der Waals surface area contributed by atoms with Gasteiger partial charge >= 0.3 is 0 Å². The van der Waals surface area contributed by atoms with E-state index in [2.05, 4.69) is 36.8 Å². The third kappa shape index (κ3) is 2.78. The molecule has 2 unspecified atom stereocenters. The molecule has 3 rings (SSSR count). The molecule has 0 radical (unpaired) electrons. The van der Waals surface area contributed by atoms with Crippen molar-refractivity contribution in [2.75, 3.05) is 0 Å². The Morgan fingerprint density at radius 2 is 2.05 bits per heavy atom. The highest BCUT2D eigenvalue weighted by Gasteiger charge is 2.42. The highest BCUT2D eigenvalue weighted by molar-refractivity contribution is 9.11. The van der Waals surface area contributed by atoms with Gasteiger partial charge in [-0.3, -0.25) is 9.78 Å². The fourth-order valence-electron chi connectivity index (χ4n) is 2.90. The number of carbonyl (C=O) groups excluding carboxylic acids is 1. The Labute approximate surface area is 135 Å². The number of hydrogen-bond acceptors (Lipinski definition) is 3. The lowest BCUT2D eigenvalue weighted by molar-refractivity contribution is -0.134. The van der Waals surface area contributed by atoms with Crippen LogP contribution < -0.4 is 5.73 Å². The Kier molecular flexibility index (Phi) is 4.15. The maximum Gasteiger partial charge on any atom is 0.223 e. The van der Waals surface area contributed by atoms with Crippen molar-refractivity contribution in [3.05, 3.63) is 26.9 Å². The molecule has 2 atom stereocenters. The number of halogens is 2. The summed E-state index contributed by atoms with van der Waals surface area (Å²) >= 11 is 6.98. The number of aromatic nitrogens is 1. The fraction of sp³-hybridized carbons (Fsp3) is 0.571. The molecule has 1 amide bonds. The van der Waals surface area contributed by atoms with Crippen LogP contribution in [0.3, 0.4) is 0 Å². The quantitative estimate of drug-likeness (QED) is 0.826. The molecule has 1 aromatic heterocycles. The normalized spacial score (nSPS) is 27.6. The summed E-state index contributed by atoms with van der Waals surface area (Å²) in [4.78, 5) is 18.9. The van der Waals surface area contributed by atoms with E-state index in [0.717, 1.165) is 40.3 Å². The summed E-state index contributed by atoms with van der Waals surface area (Å²) in [5.41, 5.74) is 7.25. The van der Waals surface area contributed by atoms with Gasteiger partial charge in [-0.15, -0.1) is 0 Å². The summed E-state index contributed by atoms with van der Waals surface area (Å²) in [6, 6.07) is 2.16. The van der Waals surface area contributed by atoms with Gasteiger partial charge in [-0.05, 0) is 63.6 Å². The minimum Gasteiger partial charge on any atom is -0.329 e. The lowest BCUT2D eigenvalue weighted by Crippen LogP contribution is -2.44. The number of rotatable bonds is 2. The number of nitrogens with two attached hydrogens (primary N) is 1. The molecule has 1 saturated carbocycles. The molecule has 20 heavy (non-hydrogen) atoms. The van der Waals surface area contributed by atoms with Crippen LogP contribution in [-0.4, -0.2) is 27.9 Å². The molecule has 2 aliphatic rings. The van der Waals surface area contributed by atoms with Crippen LogP contribution >= 0.6 is 31.9 Å². The molecule has 1 aliphatic carbocycles. The highest BCUT2D eigenvalue weighted by Crippen LogP contribution is 2.40. The molecule has 6 heteroatoms. The Morgan fingerprint density at radius 3 is 2.70 bits per heavy atom. The van der Waals surface area contributed by atoms with E-state index in [4.69, 9.17) is 5.73 Å². The second kappa shape index (κ2) is 5.73. The Balaban J connectivity index is 2.02. The summed E-state index contributed by atoms with van der Waals surface area (Å²) in [5.74, 6) is 0.224. The summed E-state index contributed by atoms with van der Waals surface area (Å²) < 4.78 is 1.83. The molecule has 0 aromatic carbocycles. The average Bonchev–Trinajstić information content (AvgIpc) is 3.20. The van der Waals surface area contributed by atoms with Gasteiger partial charge in [-0.2, -0.15) is 0 Å². The molecule has 1 aromatic rings. The molecule has 0 bridgehead atoms. The second-order valence-electron chi connectivity index (χ2n) is 5.55. The van der Waals surface area contributed by atoms with E-state index in [1.54, 1.807) is 6.20 Å². The minimum absolute atomic E-state index is 0.0491.